The van der Waals surface area contributed by atoms with Gasteiger partial charge in [-0.1, -0.05) is 42.5 Å². The Morgan fingerprint density at radius 1 is 0.929 bits per heavy atom. The first-order chi connectivity index (χ1) is 20.3. The molecule has 10 nitrogen and oxygen atoms in total. The number of fused-ring (bicyclic) bond motifs is 1. The van der Waals surface area contributed by atoms with Crippen molar-refractivity contribution in [3.63, 3.8) is 0 Å². The molecule has 42 heavy (non-hydrogen) atoms. The summed E-state index contributed by atoms with van der Waals surface area (Å²) in [5.74, 6) is -0.263. The first-order valence-corrected chi connectivity index (χ1v) is 13.4. The van der Waals surface area contributed by atoms with Crippen LogP contribution < -0.4 is 19.1 Å². The molecule has 1 amide bonds. The first-order valence-electron chi connectivity index (χ1n) is 13.4. The highest BCUT2D eigenvalue weighted by Gasteiger charge is 2.42. The van der Waals surface area contributed by atoms with E-state index in [2.05, 4.69) is 9.97 Å². The number of aliphatic carboxylic acids is 1. The van der Waals surface area contributed by atoms with E-state index >= 15 is 0 Å². The molecular weight excluding hydrogens is 536 g/mol. The van der Waals surface area contributed by atoms with Crippen LogP contribution >= 0.6 is 0 Å². The number of amides is 1. The van der Waals surface area contributed by atoms with Crippen LogP contribution in [0.1, 0.15) is 34.1 Å². The maximum Gasteiger partial charge on any atom is 0.361 e. The van der Waals surface area contributed by atoms with E-state index in [0.29, 0.717) is 28.6 Å². The number of aryl methyl sites for hydroxylation is 2. The number of anilines is 1. The molecule has 2 heterocycles. The Hall–Kier alpha value is -4.96. The summed E-state index contributed by atoms with van der Waals surface area (Å²) in [7, 11) is 3.17. The molecule has 0 bridgehead atoms. The molecule has 1 N–H and O–H groups in total. The lowest BCUT2D eigenvalue weighted by Crippen LogP contribution is -2.50. The Morgan fingerprint density at radius 2 is 1.62 bits per heavy atom. The van der Waals surface area contributed by atoms with Gasteiger partial charge in [-0.3, -0.25) is 4.79 Å². The highest BCUT2D eigenvalue weighted by molar-refractivity contribution is 5.97. The number of nitrogens with zero attached hydrogens (tertiary/aromatic N) is 4. The fourth-order valence-electron chi connectivity index (χ4n) is 5.20. The number of carbonyl (C=O) groups is 2. The average Bonchev–Trinajstić information content (AvgIpc) is 3.09. The predicted molar refractivity (Wildman–Crippen MR) is 156 cm³/mol. The summed E-state index contributed by atoms with van der Waals surface area (Å²) in [6.45, 7) is 3.57. The minimum atomic E-state index is -1.58. The normalized spacial score (nSPS) is 15.9. The van der Waals surface area contributed by atoms with Gasteiger partial charge >= 0.3 is 12.0 Å². The fraction of sp³-hybridized carbons (Fsp3) is 0.250. The Labute approximate surface area is 244 Å². The number of benzene rings is 3. The SMILES string of the molecule is COc1ccc(CN2C(=O)CN([C@@H](Oc3nc(C)cc(C)n3)C(=O)O)[C@@H](c3cccc(OC)c3)c3ccccc32)cc1. The fourth-order valence-corrected chi connectivity index (χ4v) is 5.20. The van der Waals surface area contributed by atoms with Crippen molar-refractivity contribution in [1.82, 2.24) is 14.9 Å². The van der Waals surface area contributed by atoms with Gasteiger partial charge in [0.2, 0.25) is 5.91 Å². The van der Waals surface area contributed by atoms with Crippen molar-refractivity contribution in [2.45, 2.75) is 32.7 Å². The Bertz CT molecular complexity index is 1570. The molecule has 0 spiro atoms. The maximum atomic E-state index is 14.1. The standard InChI is InChI=1S/C32H32N4O6/c1-20-16-21(2)34-32(33-20)42-30(31(38)39)36-19-28(37)35(18-22-12-14-24(40-3)15-13-22)27-11-6-5-10-26(27)29(36)23-8-7-9-25(17-23)41-4/h5-17,29-30H,18-19H2,1-4H3,(H,38,39)/t29-,30-/m0/s1. The molecule has 0 saturated carbocycles. The molecule has 3 aromatic carbocycles. The van der Waals surface area contributed by atoms with Crippen LogP contribution in [0.25, 0.3) is 0 Å². The van der Waals surface area contributed by atoms with Crippen LogP contribution in [0, 0.1) is 13.8 Å². The van der Waals surface area contributed by atoms with Gasteiger partial charge < -0.3 is 24.2 Å². The summed E-state index contributed by atoms with van der Waals surface area (Å²) in [4.78, 5) is 38.7. The number of hydrogen-bond donors (Lipinski definition) is 1. The van der Waals surface area contributed by atoms with Crippen LogP contribution in [-0.4, -0.2) is 58.8 Å². The van der Waals surface area contributed by atoms with Gasteiger partial charge in [0.15, 0.2) is 0 Å². The second kappa shape index (κ2) is 12.3. The molecule has 1 aliphatic rings. The summed E-state index contributed by atoms with van der Waals surface area (Å²) < 4.78 is 16.8. The smallest absolute Gasteiger partial charge is 0.361 e. The predicted octanol–water partition coefficient (Wildman–Crippen LogP) is 4.54. The van der Waals surface area contributed by atoms with Crippen molar-refractivity contribution < 1.29 is 28.9 Å². The van der Waals surface area contributed by atoms with Crippen LogP contribution in [0.4, 0.5) is 5.69 Å². The Morgan fingerprint density at radius 3 is 2.29 bits per heavy atom. The van der Waals surface area contributed by atoms with Gasteiger partial charge in [0.25, 0.3) is 6.23 Å². The van der Waals surface area contributed by atoms with Gasteiger partial charge in [0, 0.05) is 17.1 Å². The monoisotopic (exact) mass is 568 g/mol. The van der Waals surface area contributed by atoms with Gasteiger partial charge in [-0.05, 0) is 66.9 Å². The number of rotatable bonds is 9. The zero-order valence-electron chi connectivity index (χ0n) is 23.9. The van der Waals surface area contributed by atoms with E-state index in [0.717, 1.165) is 16.7 Å². The van der Waals surface area contributed by atoms with Crippen LogP contribution in [-0.2, 0) is 16.1 Å². The molecule has 0 radical (unpaired) electrons. The van der Waals surface area contributed by atoms with Crippen molar-refractivity contribution in [2.75, 3.05) is 25.7 Å². The van der Waals surface area contributed by atoms with Crippen LogP contribution in [0.5, 0.6) is 17.5 Å². The zero-order chi connectivity index (χ0) is 29.8. The third kappa shape index (κ3) is 6.03. The molecule has 4 aromatic rings. The van der Waals surface area contributed by atoms with Crippen molar-refractivity contribution in [1.29, 1.82) is 0 Å². The summed E-state index contributed by atoms with van der Waals surface area (Å²) in [6, 6.07) is 23.4. The molecule has 2 atom stereocenters. The molecule has 0 unspecified atom stereocenters. The van der Waals surface area contributed by atoms with Crippen LogP contribution in [0.3, 0.4) is 0 Å². The quantitative estimate of drug-likeness (QED) is 0.311. The molecule has 5 rings (SSSR count). The number of carboxylic acids is 1. The van der Waals surface area contributed by atoms with Crippen LogP contribution in [0.2, 0.25) is 0 Å². The third-order valence-electron chi connectivity index (χ3n) is 7.07. The Kier molecular flexibility index (Phi) is 8.35. The first kappa shape index (κ1) is 28.6. The number of hydrogen-bond acceptors (Lipinski definition) is 8. The summed E-state index contributed by atoms with van der Waals surface area (Å²) in [6.07, 6.45) is -1.58. The number of aromatic nitrogens is 2. The van der Waals surface area contributed by atoms with E-state index in [1.54, 1.807) is 39.0 Å². The van der Waals surface area contributed by atoms with Crippen molar-refractivity contribution in [2.24, 2.45) is 0 Å². The van der Waals surface area contributed by atoms with Crippen LogP contribution in [0.15, 0.2) is 78.9 Å². The average molecular weight is 569 g/mol. The van der Waals surface area contributed by atoms with Gasteiger partial charge in [-0.2, -0.15) is 0 Å². The van der Waals surface area contributed by atoms with Crippen molar-refractivity contribution in [3.8, 4) is 17.5 Å². The summed E-state index contributed by atoms with van der Waals surface area (Å²) in [5, 5.41) is 10.5. The molecule has 10 heteroatoms. The summed E-state index contributed by atoms with van der Waals surface area (Å²) in [5.41, 5.74) is 4.29. The number of para-hydroxylation sites is 1. The number of carbonyl (C=O) groups excluding carboxylic acids is 1. The maximum absolute atomic E-state index is 14.1. The minimum Gasteiger partial charge on any atom is -0.497 e. The largest absolute Gasteiger partial charge is 0.497 e. The highest BCUT2D eigenvalue weighted by atomic mass is 16.5. The number of carboxylic acid groups (broad SMARTS) is 1. The number of ether oxygens (including phenoxy) is 3. The van der Waals surface area contributed by atoms with E-state index in [4.69, 9.17) is 14.2 Å². The topological polar surface area (TPSA) is 114 Å². The third-order valence-corrected chi connectivity index (χ3v) is 7.07. The van der Waals surface area contributed by atoms with Crippen molar-refractivity contribution in [3.05, 3.63) is 107 Å². The molecule has 0 aliphatic carbocycles. The molecule has 0 saturated heterocycles. The molecule has 1 aliphatic heterocycles. The van der Waals surface area contributed by atoms with Crippen molar-refractivity contribution >= 4 is 17.6 Å². The molecular formula is C32H32N4O6. The van der Waals surface area contributed by atoms with E-state index in [1.165, 1.54) is 4.90 Å². The molecule has 0 fully saturated rings. The lowest BCUT2D eigenvalue weighted by Gasteiger charge is -2.34. The van der Waals surface area contributed by atoms with Gasteiger partial charge in [0.05, 0.1) is 33.4 Å². The molecule has 1 aromatic heterocycles. The lowest BCUT2D eigenvalue weighted by molar-refractivity contribution is -0.157. The van der Waals surface area contributed by atoms with E-state index < -0.39 is 18.2 Å². The zero-order valence-corrected chi connectivity index (χ0v) is 23.9. The van der Waals surface area contributed by atoms with Gasteiger partial charge in [0.1, 0.15) is 11.5 Å². The highest BCUT2D eigenvalue weighted by Crippen LogP contribution is 2.40. The summed E-state index contributed by atoms with van der Waals surface area (Å²) >= 11 is 0. The molecule has 216 valence electrons. The van der Waals surface area contributed by atoms with E-state index in [-0.39, 0.29) is 25.0 Å². The lowest BCUT2D eigenvalue weighted by atomic mass is 9.95. The van der Waals surface area contributed by atoms with Gasteiger partial charge in [-0.15, -0.1) is 0 Å². The number of methoxy groups -OCH3 is 2. The van der Waals surface area contributed by atoms with E-state index in [1.807, 2.05) is 72.8 Å². The Balaban J connectivity index is 1.65. The minimum absolute atomic E-state index is 0.0793. The van der Waals surface area contributed by atoms with Gasteiger partial charge in [-0.25, -0.2) is 19.7 Å². The second-order valence-electron chi connectivity index (χ2n) is 9.98. The second-order valence-corrected chi connectivity index (χ2v) is 9.98. The van der Waals surface area contributed by atoms with E-state index in [9.17, 15) is 14.7 Å².